The van der Waals surface area contributed by atoms with Crippen LogP contribution in [0, 0.1) is 0 Å². The molecule has 1 heterocycles. The van der Waals surface area contributed by atoms with Crippen molar-refractivity contribution < 1.29 is 8.42 Å². The number of hydrogen-bond acceptors (Lipinski definition) is 3. The van der Waals surface area contributed by atoms with Crippen LogP contribution in [0.1, 0.15) is 12.5 Å². The lowest BCUT2D eigenvalue weighted by molar-refractivity contribution is 0.468. The summed E-state index contributed by atoms with van der Waals surface area (Å²) in [5, 5.41) is 1.95. The standard InChI is InChI=1S/C8H12BrNO2S2/c1-3-14(11,12)10(2)5-7-4-8(9)13-6-7/h4,6H,3,5H2,1-2H3. The first-order valence-electron chi connectivity index (χ1n) is 4.12. The van der Waals surface area contributed by atoms with E-state index in [-0.39, 0.29) is 5.75 Å². The minimum absolute atomic E-state index is 0.148. The van der Waals surface area contributed by atoms with Gasteiger partial charge in [0.2, 0.25) is 10.0 Å². The van der Waals surface area contributed by atoms with E-state index < -0.39 is 10.0 Å². The van der Waals surface area contributed by atoms with Gasteiger partial charge in [0.05, 0.1) is 9.54 Å². The van der Waals surface area contributed by atoms with Gasteiger partial charge in [-0.15, -0.1) is 11.3 Å². The molecule has 80 valence electrons. The van der Waals surface area contributed by atoms with E-state index in [0.717, 1.165) is 9.35 Å². The molecule has 0 aliphatic heterocycles. The van der Waals surface area contributed by atoms with Gasteiger partial charge in [-0.2, -0.15) is 0 Å². The summed E-state index contributed by atoms with van der Waals surface area (Å²) in [7, 11) is -1.46. The van der Waals surface area contributed by atoms with Gasteiger partial charge in [-0.1, -0.05) is 0 Å². The molecule has 0 amide bonds. The monoisotopic (exact) mass is 297 g/mol. The van der Waals surface area contributed by atoms with Gasteiger partial charge in [-0.05, 0) is 39.9 Å². The van der Waals surface area contributed by atoms with Gasteiger partial charge in [0.25, 0.3) is 0 Å². The lowest BCUT2D eigenvalue weighted by Gasteiger charge is -2.14. The van der Waals surface area contributed by atoms with Crippen LogP contribution in [-0.4, -0.2) is 25.5 Å². The van der Waals surface area contributed by atoms with Crippen molar-refractivity contribution in [2.45, 2.75) is 13.5 Å². The first kappa shape index (κ1) is 12.2. The topological polar surface area (TPSA) is 37.4 Å². The van der Waals surface area contributed by atoms with E-state index in [1.807, 2.05) is 11.4 Å². The van der Waals surface area contributed by atoms with Crippen LogP contribution in [0.5, 0.6) is 0 Å². The third-order valence-corrected chi connectivity index (χ3v) is 5.23. The van der Waals surface area contributed by atoms with Crippen molar-refractivity contribution in [3.8, 4) is 0 Å². The summed E-state index contributed by atoms with van der Waals surface area (Å²) in [6.07, 6.45) is 0. The molecule has 0 N–H and O–H groups in total. The number of rotatable bonds is 4. The van der Waals surface area contributed by atoms with Crippen LogP contribution in [0.15, 0.2) is 15.2 Å². The fraction of sp³-hybridized carbons (Fsp3) is 0.500. The first-order chi connectivity index (χ1) is 6.45. The molecule has 1 rings (SSSR count). The number of sulfonamides is 1. The SMILES string of the molecule is CCS(=O)(=O)N(C)Cc1csc(Br)c1. The largest absolute Gasteiger partial charge is 0.213 e. The van der Waals surface area contributed by atoms with Crippen molar-refractivity contribution >= 4 is 37.3 Å². The summed E-state index contributed by atoms with van der Waals surface area (Å²) in [5.74, 6) is 0.148. The zero-order chi connectivity index (χ0) is 10.8. The normalized spacial score (nSPS) is 12.3. The Hall–Kier alpha value is 0.0900. The van der Waals surface area contributed by atoms with E-state index in [2.05, 4.69) is 15.9 Å². The van der Waals surface area contributed by atoms with Crippen LogP contribution in [0.2, 0.25) is 0 Å². The molecule has 0 fully saturated rings. The summed E-state index contributed by atoms with van der Waals surface area (Å²) >= 11 is 4.90. The lowest BCUT2D eigenvalue weighted by Crippen LogP contribution is -2.27. The van der Waals surface area contributed by atoms with E-state index in [1.54, 1.807) is 25.3 Å². The van der Waals surface area contributed by atoms with E-state index >= 15 is 0 Å². The highest BCUT2D eigenvalue weighted by molar-refractivity contribution is 9.11. The number of thiophene rings is 1. The molecule has 0 atom stereocenters. The molecule has 0 aliphatic rings. The maximum absolute atomic E-state index is 11.4. The predicted octanol–water partition coefficient (Wildman–Crippen LogP) is 2.29. The molecule has 0 saturated carbocycles. The Morgan fingerprint density at radius 3 is 2.64 bits per heavy atom. The molecule has 0 aliphatic carbocycles. The smallest absolute Gasteiger partial charge is 0.212 e. The van der Waals surface area contributed by atoms with Crippen molar-refractivity contribution in [3.05, 3.63) is 20.8 Å². The number of hydrogen-bond donors (Lipinski definition) is 0. The minimum Gasteiger partial charge on any atom is -0.212 e. The van der Waals surface area contributed by atoms with E-state index in [9.17, 15) is 8.42 Å². The molecule has 0 unspecified atom stereocenters. The van der Waals surface area contributed by atoms with Crippen LogP contribution in [0.4, 0.5) is 0 Å². The van der Waals surface area contributed by atoms with Crippen molar-refractivity contribution in [2.24, 2.45) is 0 Å². The highest BCUT2D eigenvalue weighted by Gasteiger charge is 2.15. The Morgan fingerprint density at radius 2 is 2.21 bits per heavy atom. The molecule has 0 aromatic carbocycles. The quantitative estimate of drug-likeness (QED) is 0.855. The molecule has 3 nitrogen and oxygen atoms in total. The summed E-state index contributed by atoms with van der Waals surface area (Å²) in [5.41, 5.74) is 1.02. The second-order valence-corrected chi connectivity index (χ2v) is 7.57. The van der Waals surface area contributed by atoms with Crippen LogP contribution in [0.3, 0.4) is 0 Å². The van der Waals surface area contributed by atoms with Crippen molar-refractivity contribution in [2.75, 3.05) is 12.8 Å². The summed E-state index contributed by atoms with van der Waals surface area (Å²) in [6.45, 7) is 2.09. The average Bonchev–Trinajstić information content (AvgIpc) is 2.51. The Morgan fingerprint density at radius 1 is 1.57 bits per heavy atom. The molecule has 0 radical (unpaired) electrons. The molecular formula is C8H12BrNO2S2. The van der Waals surface area contributed by atoms with E-state index in [4.69, 9.17) is 0 Å². The Kier molecular flexibility index (Phi) is 4.12. The van der Waals surface area contributed by atoms with Crippen molar-refractivity contribution in [3.63, 3.8) is 0 Å². The zero-order valence-electron chi connectivity index (χ0n) is 8.03. The van der Waals surface area contributed by atoms with Gasteiger partial charge in [-0.3, -0.25) is 0 Å². The second-order valence-electron chi connectivity index (χ2n) is 2.92. The zero-order valence-corrected chi connectivity index (χ0v) is 11.2. The molecule has 0 bridgehead atoms. The van der Waals surface area contributed by atoms with Gasteiger partial charge in [-0.25, -0.2) is 12.7 Å². The van der Waals surface area contributed by atoms with Crippen LogP contribution >= 0.6 is 27.3 Å². The van der Waals surface area contributed by atoms with Gasteiger partial charge >= 0.3 is 0 Å². The van der Waals surface area contributed by atoms with Gasteiger partial charge in [0.15, 0.2) is 0 Å². The highest BCUT2D eigenvalue weighted by Crippen LogP contribution is 2.22. The van der Waals surface area contributed by atoms with Gasteiger partial charge in [0.1, 0.15) is 0 Å². The maximum atomic E-state index is 11.4. The number of halogens is 1. The second kappa shape index (κ2) is 4.74. The fourth-order valence-corrected chi connectivity index (χ4v) is 2.99. The Balaban J connectivity index is 2.71. The maximum Gasteiger partial charge on any atom is 0.213 e. The molecule has 1 aromatic heterocycles. The Bertz CT molecular complexity index is 399. The number of nitrogens with zero attached hydrogens (tertiary/aromatic N) is 1. The highest BCUT2D eigenvalue weighted by atomic mass is 79.9. The lowest BCUT2D eigenvalue weighted by atomic mass is 10.3. The molecule has 14 heavy (non-hydrogen) atoms. The van der Waals surface area contributed by atoms with Crippen LogP contribution in [0.25, 0.3) is 0 Å². The summed E-state index contributed by atoms with van der Waals surface area (Å²) in [6, 6.07) is 1.94. The molecule has 1 aromatic rings. The minimum atomic E-state index is -3.06. The van der Waals surface area contributed by atoms with Gasteiger partial charge < -0.3 is 0 Å². The predicted molar refractivity (Wildman–Crippen MR) is 62.9 cm³/mol. The van der Waals surface area contributed by atoms with Crippen LogP contribution < -0.4 is 0 Å². The van der Waals surface area contributed by atoms with E-state index in [1.165, 1.54) is 4.31 Å². The van der Waals surface area contributed by atoms with Crippen molar-refractivity contribution in [1.29, 1.82) is 0 Å². The summed E-state index contributed by atoms with van der Waals surface area (Å²) in [4.78, 5) is 0. The van der Waals surface area contributed by atoms with Crippen LogP contribution in [-0.2, 0) is 16.6 Å². The average molecular weight is 298 g/mol. The fourth-order valence-electron chi connectivity index (χ4n) is 1.00. The Labute approximate surface area is 96.9 Å². The first-order valence-corrected chi connectivity index (χ1v) is 7.41. The molecular weight excluding hydrogens is 286 g/mol. The third kappa shape index (κ3) is 3.05. The molecule has 6 heteroatoms. The summed E-state index contributed by atoms with van der Waals surface area (Å²) < 4.78 is 25.3. The van der Waals surface area contributed by atoms with E-state index in [0.29, 0.717) is 6.54 Å². The molecule has 0 spiro atoms. The van der Waals surface area contributed by atoms with Gasteiger partial charge in [0, 0.05) is 13.6 Å². The third-order valence-electron chi connectivity index (χ3n) is 1.87. The van der Waals surface area contributed by atoms with Crippen molar-refractivity contribution in [1.82, 2.24) is 4.31 Å². The molecule has 0 saturated heterocycles.